The summed E-state index contributed by atoms with van der Waals surface area (Å²) in [6.45, 7) is 2.38. The molecule has 0 saturated carbocycles. The third kappa shape index (κ3) is 11.3. The predicted octanol–water partition coefficient (Wildman–Crippen LogP) is 1.90. The van der Waals surface area contributed by atoms with Crippen LogP contribution in [0.2, 0.25) is 0 Å². The van der Waals surface area contributed by atoms with E-state index >= 15 is 0 Å². The first-order chi connectivity index (χ1) is 10.7. The Labute approximate surface area is 135 Å². The van der Waals surface area contributed by atoms with Crippen LogP contribution in [0.3, 0.4) is 0 Å². The minimum atomic E-state index is -0.0116. The van der Waals surface area contributed by atoms with Crippen molar-refractivity contribution >= 4 is 0 Å². The Morgan fingerprint density at radius 1 is 0.591 bits per heavy atom. The molecule has 0 N–H and O–H groups in total. The molecular weight excluding hydrogens is 288 g/mol. The predicted molar refractivity (Wildman–Crippen MR) is 85.4 cm³/mol. The molecule has 3 unspecified atom stereocenters. The lowest BCUT2D eigenvalue weighted by Gasteiger charge is -2.19. The molecule has 0 aromatic rings. The fourth-order valence-electron chi connectivity index (χ4n) is 2.21. The van der Waals surface area contributed by atoms with Gasteiger partial charge in [0, 0.05) is 42.2 Å². The van der Waals surface area contributed by atoms with Crippen LogP contribution in [0, 0.1) is 0 Å². The molecule has 0 amide bonds. The molecule has 134 valence electrons. The summed E-state index contributed by atoms with van der Waals surface area (Å²) in [7, 11) is 8.48. The summed E-state index contributed by atoms with van der Waals surface area (Å²) in [5.74, 6) is 0. The van der Waals surface area contributed by atoms with Crippen molar-refractivity contribution in [1.82, 2.24) is 0 Å². The lowest BCUT2D eigenvalue weighted by molar-refractivity contribution is -0.0384. The molecule has 0 aromatic carbocycles. The monoisotopic (exact) mass is 322 g/mol. The molecule has 6 heteroatoms. The highest BCUT2D eigenvalue weighted by atomic mass is 16.6. The molecule has 0 aliphatic heterocycles. The van der Waals surface area contributed by atoms with Gasteiger partial charge in [-0.25, -0.2) is 0 Å². The van der Waals surface area contributed by atoms with E-state index in [9.17, 15) is 0 Å². The van der Waals surface area contributed by atoms with E-state index in [0.717, 1.165) is 25.7 Å². The maximum Gasteiger partial charge on any atom is 0.104 e. The van der Waals surface area contributed by atoms with Gasteiger partial charge < -0.3 is 28.4 Å². The number of ether oxygens (including phenoxy) is 6. The minimum Gasteiger partial charge on any atom is -0.382 e. The first-order valence-corrected chi connectivity index (χ1v) is 7.85. The van der Waals surface area contributed by atoms with Gasteiger partial charge in [0.25, 0.3) is 0 Å². The van der Waals surface area contributed by atoms with E-state index in [1.807, 2.05) is 0 Å². The highest BCUT2D eigenvalue weighted by molar-refractivity contribution is 4.62. The molecule has 0 aliphatic carbocycles. The Kier molecular flexibility index (Phi) is 15.5. The summed E-state index contributed by atoms with van der Waals surface area (Å²) in [6.07, 6.45) is 4.26. The van der Waals surface area contributed by atoms with E-state index < -0.39 is 0 Å². The fourth-order valence-corrected chi connectivity index (χ4v) is 2.21. The smallest absolute Gasteiger partial charge is 0.104 e. The van der Waals surface area contributed by atoms with Crippen LogP contribution in [0.15, 0.2) is 0 Å². The van der Waals surface area contributed by atoms with Gasteiger partial charge in [0.05, 0.1) is 32.0 Å². The second-order valence-corrected chi connectivity index (χ2v) is 5.28. The highest BCUT2D eigenvalue weighted by Gasteiger charge is 2.12. The Hall–Kier alpha value is -0.240. The third-order valence-electron chi connectivity index (χ3n) is 3.65. The average Bonchev–Trinajstić information content (AvgIpc) is 2.54. The van der Waals surface area contributed by atoms with E-state index in [-0.39, 0.29) is 18.3 Å². The van der Waals surface area contributed by atoms with Crippen LogP contribution in [0.25, 0.3) is 0 Å². The maximum absolute atomic E-state index is 5.63. The van der Waals surface area contributed by atoms with Gasteiger partial charge in [0.2, 0.25) is 0 Å². The van der Waals surface area contributed by atoms with E-state index in [0.29, 0.717) is 26.4 Å². The molecular formula is C16H34O6. The molecule has 0 bridgehead atoms. The van der Waals surface area contributed by atoms with Gasteiger partial charge in [-0.2, -0.15) is 0 Å². The second-order valence-electron chi connectivity index (χ2n) is 5.28. The molecule has 0 heterocycles. The summed E-state index contributed by atoms with van der Waals surface area (Å²) in [4.78, 5) is 0. The molecule has 22 heavy (non-hydrogen) atoms. The molecule has 0 aliphatic rings. The Morgan fingerprint density at radius 2 is 1.14 bits per heavy atom. The van der Waals surface area contributed by atoms with Crippen molar-refractivity contribution in [3.63, 3.8) is 0 Å². The van der Waals surface area contributed by atoms with E-state index in [2.05, 4.69) is 0 Å². The minimum absolute atomic E-state index is 0.0116. The van der Waals surface area contributed by atoms with Crippen molar-refractivity contribution in [3.05, 3.63) is 0 Å². The number of methoxy groups -OCH3 is 5. The van der Waals surface area contributed by atoms with Crippen molar-refractivity contribution in [2.75, 3.05) is 62.0 Å². The SMILES string of the molecule is COCC(CCCC(CCOCC(COC)OC)OC)OC. The Balaban J connectivity index is 3.74. The molecule has 6 nitrogen and oxygen atoms in total. The standard InChI is InChI=1S/C16H34O6/c1-17-11-15(20-4)8-6-7-14(19-3)9-10-22-13-16(21-5)12-18-2/h14-16H,6-13H2,1-5H3. The van der Waals surface area contributed by atoms with Crippen LogP contribution in [-0.2, 0) is 28.4 Å². The zero-order valence-corrected chi connectivity index (χ0v) is 14.8. The number of rotatable bonds is 16. The molecule has 0 rings (SSSR count). The number of hydrogen-bond acceptors (Lipinski definition) is 6. The van der Waals surface area contributed by atoms with Gasteiger partial charge in [-0.05, 0) is 25.7 Å². The first-order valence-electron chi connectivity index (χ1n) is 7.85. The molecule has 3 atom stereocenters. The van der Waals surface area contributed by atoms with Gasteiger partial charge in [-0.3, -0.25) is 0 Å². The van der Waals surface area contributed by atoms with Crippen LogP contribution >= 0.6 is 0 Å². The number of hydrogen-bond donors (Lipinski definition) is 0. The zero-order chi connectivity index (χ0) is 16.6. The van der Waals surface area contributed by atoms with Gasteiger partial charge in [-0.1, -0.05) is 0 Å². The summed E-state index contributed by atoms with van der Waals surface area (Å²) in [5.41, 5.74) is 0. The largest absolute Gasteiger partial charge is 0.382 e. The summed E-state index contributed by atoms with van der Waals surface area (Å²) in [5, 5.41) is 0. The van der Waals surface area contributed by atoms with Crippen molar-refractivity contribution in [1.29, 1.82) is 0 Å². The molecule has 0 fully saturated rings. The molecule has 0 saturated heterocycles. The highest BCUT2D eigenvalue weighted by Crippen LogP contribution is 2.12. The quantitative estimate of drug-likeness (QED) is 0.405. The van der Waals surface area contributed by atoms with E-state index in [1.54, 1.807) is 35.5 Å². The van der Waals surface area contributed by atoms with E-state index in [1.165, 1.54) is 0 Å². The normalized spacial score (nSPS) is 15.7. The van der Waals surface area contributed by atoms with Crippen LogP contribution < -0.4 is 0 Å². The Morgan fingerprint density at radius 3 is 1.68 bits per heavy atom. The molecule has 0 radical (unpaired) electrons. The van der Waals surface area contributed by atoms with Crippen LogP contribution in [-0.4, -0.2) is 80.3 Å². The van der Waals surface area contributed by atoms with Crippen LogP contribution in [0.5, 0.6) is 0 Å². The second kappa shape index (κ2) is 15.6. The average molecular weight is 322 g/mol. The van der Waals surface area contributed by atoms with Gasteiger partial charge in [-0.15, -0.1) is 0 Å². The van der Waals surface area contributed by atoms with Crippen LogP contribution in [0.4, 0.5) is 0 Å². The van der Waals surface area contributed by atoms with Gasteiger partial charge in [0.15, 0.2) is 0 Å². The van der Waals surface area contributed by atoms with Crippen molar-refractivity contribution < 1.29 is 28.4 Å². The summed E-state index contributed by atoms with van der Waals surface area (Å²) < 4.78 is 31.9. The topological polar surface area (TPSA) is 55.4 Å². The van der Waals surface area contributed by atoms with Crippen molar-refractivity contribution in [2.45, 2.75) is 44.0 Å². The lowest BCUT2D eigenvalue weighted by atomic mass is 10.1. The van der Waals surface area contributed by atoms with Gasteiger partial charge >= 0.3 is 0 Å². The Bertz CT molecular complexity index is 227. The summed E-state index contributed by atoms with van der Waals surface area (Å²) in [6, 6.07) is 0. The first kappa shape index (κ1) is 21.8. The van der Waals surface area contributed by atoms with Crippen LogP contribution in [0.1, 0.15) is 25.7 Å². The molecule has 0 spiro atoms. The van der Waals surface area contributed by atoms with Crippen molar-refractivity contribution in [2.24, 2.45) is 0 Å². The summed E-state index contributed by atoms with van der Waals surface area (Å²) >= 11 is 0. The lowest BCUT2D eigenvalue weighted by Crippen LogP contribution is -2.25. The van der Waals surface area contributed by atoms with Crippen molar-refractivity contribution in [3.8, 4) is 0 Å². The fraction of sp³-hybridized carbons (Fsp3) is 1.00. The maximum atomic E-state index is 5.63. The van der Waals surface area contributed by atoms with E-state index in [4.69, 9.17) is 28.4 Å². The van der Waals surface area contributed by atoms with Gasteiger partial charge in [0.1, 0.15) is 6.10 Å². The zero-order valence-electron chi connectivity index (χ0n) is 14.8. The third-order valence-corrected chi connectivity index (χ3v) is 3.65. The molecule has 0 aromatic heterocycles.